The van der Waals surface area contributed by atoms with Gasteiger partial charge in [0.1, 0.15) is 15.9 Å². The molecule has 3 rings (SSSR count). The van der Waals surface area contributed by atoms with Crippen molar-refractivity contribution in [2.45, 2.75) is 0 Å². The summed E-state index contributed by atoms with van der Waals surface area (Å²) in [4.78, 5) is 2.17. The smallest absolute Gasteiger partial charge is 0.458 e. The summed E-state index contributed by atoms with van der Waals surface area (Å²) in [7, 11) is 2.51. The van der Waals surface area contributed by atoms with Gasteiger partial charge in [0, 0.05) is 0 Å². The first kappa shape index (κ1) is 25.4. The second kappa shape index (κ2) is 12.8. The van der Waals surface area contributed by atoms with Gasteiger partial charge in [-0.15, -0.1) is 0 Å². The molecule has 0 heterocycles. The van der Waals surface area contributed by atoms with Crippen LogP contribution in [0, 0.1) is 6.54 Å². The first-order valence-corrected chi connectivity index (χ1v) is 10.3. The summed E-state index contributed by atoms with van der Waals surface area (Å²) in [5.74, 6) is 0. The Kier molecular flexibility index (Phi) is 12.5. The van der Waals surface area contributed by atoms with E-state index in [2.05, 4.69) is 117 Å². The largest absolute Gasteiger partial charge is 1.00 e. The van der Waals surface area contributed by atoms with E-state index in [4.69, 9.17) is 0 Å². The summed E-state index contributed by atoms with van der Waals surface area (Å²) >= 11 is 0. The standard InChI is InChI=1S/C22H24NP.2K/c1-23(2)18-19-24(20-12-6-3-7-13-20,21-14-8-4-9-15-21)22-16-10-5-11-17-22;;/h3-18H,19H2,1-2H3;;/q;2*+1. The topological polar surface area (TPSA) is 3.24 Å². The second-order valence-corrected chi connectivity index (χ2v) is 9.68. The number of rotatable bonds is 6. The Balaban J connectivity index is 0.00000169. The van der Waals surface area contributed by atoms with Crippen LogP contribution in [-0.2, 0) is 0 Å². The molecule has 0 aromatic heterocycles. The minimum Gasteiger partial charge on any atom is -0.458 e. The van der Waals surface area contributed by atoms with Crippen molar-refractivity contribution in [2.24, 2.45) is 0 Å². The minimum absolute atomic E-state index is 0. The van der Waals surface area contributed by atoms with Crippen molar-refractivity contribution in [3.63, 3.8) is 0 Å². The average Bonchev–Trinajstić information content (AvgIpc) is 2.65. The van der Waals surface area contributed by atoms with Gasteiger partial charge in [0.2, 0.25) is 0 Å². The van der Waals surface area contributed by atoms with E-state index in [1.807, 2.05) is 0 Å². The first-order chi connectivity index (χ1) is 11.7. The number of hydrogen-bond acceptors (Lipinski definition) is 1. The zero-order chi connectivity index (χ0) is 16.8. The molecule has 0 fully saturated rings. The van der Waals surface area contributed by atoms with E-state index >= 15 is 0 Å². The molecule has 0 unspecified atom stereocenters. The molecule has 0 aliphatic rings. The summed E-state index contributed by atoms with van der Waals surface area (Å²) in [6, 6.07) is 33.0. The molecule has 26 heavy (non-hydrogen) atoms. The van der Waals surface area contributed by atoms with Crippen molar-refractivity contribution in [1.82, 2.24) is 4.90 Å². The van der Waals surface area contributed by atoms with Crippen molar-refractivity contribution in [3.05, 3.63) is 97.5 Å². The molecule has 3 aromatic carbocycles. The maximum absolute atomic E-state index is 2.32. The molecular formula is C22H24K2NP+2. The summed E-state index contributed by atoms with van der Waals surface area (Å²) in [5, 5.41) is 4.29. The number of nitrogens with zero attached hydrogens (tertiary/aromatic N) is 1. The van der Waals surface area contributed by atoms with Gasteiger partial charge in [-0.25, -0.2) is 6.54 Å². The molecule has 122 valence electrons. The van der Waals surface area contributed by atoms with Gasteiger partial charge in [-0.05, 0) is 56.7 Å². The SMILES string of the molecule is CN(C)[CH-]C[P+](c1ccccc1)(c1ccccc1)c1ccccc1.[K+].[K+]. The molecular weight excluding hydrogens is 387 g/mol. The number of benzene rings is 3. The van der Waals surface area contributed by atoms with E-state index in [0.29, 0.717) is 0 Å². The van der Waals surface area contributed by atoms with Crippen molar-refractivity contribution >= 4 is 23.2 Å². The van der Waals surface area contributed by atoms with Gasteiger partial charge in [-0.2, -0.15) is 0 Å². The average molecular weight is 412 g/mol. The van der Waals surface area contributed by atoms with Crippen LogP contribution in [0.25, 0.3) is 0 Å². The molecule has 0 saturated heterocycles. The Morgan fingerprint density at radius 2 is 0.923 bits per heavy atom. The van der Waals surface area contributed by atoms with Crippen LogP contribution in [0.4, 0.5) is 0 Å². The summed E-state index contributed by atoms with van der Waals surface area (Å²) in [6.07, 6.45) is 1.03. The molecule has 1 nitrogen and oxygen atoms in total. The van der Waals surface area contributed by atoms with E-state index in [1.54, 1.807) is 0 Å². The maximum atomic E-state index is 2.32. The monoisotopic (exact) mass is 411 g/mol. The Labute approximate surface area is 244 Å². The Hall–Kier alpha value is 1.32. The molecule has 0 spiro atoms. The van der Waals surface area contributed by atoms with Crippen LogP contribution in [0.3, 0.4) is 0 Å². The molecule has 0 atom stereocenters. The molecule has 4 heteroatoms. The third kappa shape index (κ3) is 6.16. The van der Waals surface area contributed by atoms with Crippen LogP contribution in [-0.4, -0.2) is 25.2 Å². The second-order valence-electron chi connectivity index (χ2n) is 6.15. The van der Waals surface area contributed by atoms with Crippen molar-refractivity contribution in [3.8, 4) is 0 Å². The van der Waals surface area contributed by atoms with E-state index < -0.39 is 7.26 Å². The van der Waals surface area contributed by atoms with Crippen molar-refractivity contribution < 1.29 is 103 Å². The van der Waals surface area contributed by atoms with Crippen LogP contribution < -0.4 is 119 Å². The molecule has 0 amide bonds. The van der Waals surface area contributed by atoms with E-state index in [0.717, 1.165) is 6.16 Å². The Bertz CT molecular complexity index is 652. The molecule has 3 aromatic rings. The predicted molar refractivity (Wildman–Crippen MR) is 108 cm³/mol. The Morgan fingerprint density at radius 1 is 0.615 bits per heavy atom. The predicted octanol–water partition coefficient (Wildman–Crippen LogP) is -2.29. The normalized spacial score (nSPS) is 10.7. The zero-order valence-electron chi connectivity index (χ0n) is 16.3. The van der Waals surface area contributed by atoms with Gasteiger partial charge in [-0.1, -0.05) is 54.6 Å². The van der Waals surface area contributed by atoms with Crippen LogP contribution in [0.2, 0.25) is 0 Å². The van der Waals surface area contributed by atoms with Crippen LogP contribution in [0.15, 0.2) is 91.0 Å². The van der Waals surface area contributed by atoms with E-state index in [1.165, 1.54) is 15.9 Å². The molecule has 0 bridgehead atoms. The number of hydrogen-bond donors (Lipinski definition) is 0. The third-order valence-electron chi connectivity index (χ3n) is 4.31. The van der Waals surface area contributed by atoms with E-state index in [9.17, 15) is 0 Å². The van der Waals surface area contributed by atoms with Gasteiger partial charge in [0.05, 0.1) is 7.26 Å². The molecule has 0 aliphatic carbocycles. The van der Waals surface area contributed by atoms with Gasteiger partial charge < -0.3 is 4.90 Å². The molecule has 0 saturated carbocycles. The molecule has 0 N–H and O–H groups in total. The summed E-state index contributed by atoms with van der Waals surface area (Å²) < 4.78 is 0. The van der Waals surface area contributed by atoms with Crippen LogP contribution in [0.5, 0.6) is 0 Å². The third-order valence-corrected chi connectivity index (χ3v) is 8.56. The summed E-state index contributed by atoms with van der Waals surface area (Å²) in [6.45, 7) is 2.32. The maximum Gasteiger partial charge on any atom is 1.00 e. The molecule has 0 radical (unpaired) electrons. The van der Waals surface area contributed by atoms with Crippen molar-refractivity contribution in [1.29, 1.82) is 0 Å². The zero-order valence-corrected chi connectivity index (χ0v) is 23.5. The van der Waals surface area contributed by atoms with Crippen LogP contribution >= 0.6 is 7.26 Å². The fraction of sp³-hybridized carbons (Fsp3) is 0.136. The Morgan fingerprint density at radius 3 is 1.19 bits per heavy atom. The fourth-order valence-corrected chi connectivity index (χ4v) is 7.24. The van der Waals surface area contributed by atoms with E-state index in [-0.39, 0.29) is 103 Å². The van der Waals surface area contributed by atoms with Gasteiger partial charge in [0.25, 0.3) is 0 Å². The first-order valence-electron chi connectivity index (χ1n) is 8.28. The minimum atomic E-state index is -1.70. The van der Waals surface area contributed by atoms with Crippen molar-refractivity contribution in [2.75, 3.05) is 20.3 Å². The van der Waals surface area contributed by atoms with Gasteiger partial charge in [0.15, 0.2) is 0 Å². The van der Waals surface area contributed by atoms with Gasteiger partial charge >= 0.3 is 103 Å². The van der Waals surface area contributed by atoms with Gasteiger partial charge in [-0.3, -0.25) is 0 Å². The molecule has 0 aliphatic heterocycles. The quantitative estimate of drug-likeness (QED) is 0.251. The van der Waals surface area contributed by atoms with Crippen LogP contribution in [0.1, 0.15) is 0 Å². The fourth-order valence-electron chi connectivity index (χ4n) is 3.10. The summed E-state index contributed by atoms with van der Waals surface area (Å²) in [5.41, 5.74) is 0.